The molecule has 1 unspecified atom stereocenters. The van der Waals surface area contributed by atoms with Gasteiger partial charge in [0.2, 0.25) is 0 Å². The highest BCUT2D eigenvalue weighted by molar-refractivity contribution is 5.64. The zero-order valence-corrected chi connectivity index (χ0v) is 13.1. The summed E-state index contributed by atoms with van der Waals surface area (Å²) in [4.78, 5) is 0. The van der Waals surface area contributed by atoms with Crippen LogP contribution in [-0.2, 0) is 0 Å². The first-order valence-electron chi connectivity index (χ1n) is 7.25. The minimum absolute atomic E-state index is 0.264. The third kappa shape index (κ3) is 3.85. The standard InChI is InChI=1S/C20H23N/c1-14(2)17-6-8-19(9-7-17)16(5)21-20-12-10-18(11-13-20)15(3)4/h6-13,16,21H,1,3H2,2,4-5H3. The molecule has 1 N–H and O–H groups in total. The Bertz CT molecular complexity index is 633. The Morgan fingerprint density at radius 1 is 0.810 bits per heavy atom. The number of hydrogen-bond acceptors (Lipinski definition) is 1. The van der Waals surface area contributed by atoms with Crippen molar-refractivity contribution in [2.75, 3.05) is 5.32 Å². The molecule has 0 aliphatic rings. The smallest absolute Gasteiger partial charge is 0.0485 e. The molecule has 0 saturated carbocycles. The number of hydrogen-bond donors (Lipinski definition) is 1. The monoisotopic (exact) mass is 277 g/mol. The third-order valence-corrected chi connectivity index (χ3v) is 3.66. The van der Waals surface area contributed by atoms with Crippen LogP contribution in [0.15, 0.2) is 61.7 Å². The van der Waals surface area contributed by atoms with Gasteiger partial charge in [0.15, 0.2) is 0 Å². The molecular weight excluding hydrogens is 254 g/mol. The Balaban J connectivity index is 2.08. The summed E-state index contributed by atoms with van der Waals surface area (Å²) in [7, 11) is 0. The van der Waals surface area contributed by atoms with Gasteiger partial charge in [-0.05, 0) is 49.6 Å². The fourth-order valence-electron chi connectivity index (χ4n) is 2.24. The molecule has 21 heavy (non-hydrogen) atoms. The van der Waals surface area contributed by atoms with Crippen LogP contribution in [0.2, 0.25) is 0 Å². The van der Waals surface area contributed by atoms with Gasteiger partial charge >= 0.3 is 0 Å². The van der Waals surface area contributed by atoms with Gasteiger partial charge < -0.3 is 5.32 Å². The molecule has 2 rings (SSSR count). The maximum atomic E-state index is 3.97. The molecule has 2 aromatic carbocycles. The largest absolute Gasteiger partial charge is 0.379 e. The van der Waals surface area contributed by atoms with Crippen molar-refractivity contribution in [2.24, 2.45) is 0 Å². The SMILES string of the molecule is C=C(C)c1ccc(NC(C)c2ccc(C(=C)C)cc2)cc1. The molecule has 0 saturated heterocycles. The first kappa shape index (κ1) is 15.1. The highest BCUT2D eigenvalue weighted by Crippen LogP contribution is 2.22. The van der Waals surface area contributed by atoms with Gasteiger partial charge in [-0.2, -0.15) is 0 Å². The molecule has 0 aliphatic carbocycles. The van der Waals surface area contributed by atoms with E-state index in [1.807, 2.05) is 13.8 Å². The lowest BCUT2D eigenvalue weighted by atomic mass is 10.0. The summed E-state index contributed by atoms with van der Waals surface area (Å²) in [5.74, 6) is 0. The maximum absolute atomic E-state index is 3.97. The van der Waals surface area contributed by atoms with Crippen molar-refractivity contribution < 1.29 is 0 Å². The second-order valence-corrected chi connectivity index (χ2v) is 5.63. The van der Waals surface area contributed by atoms with Crippen LogP contribution in [0.1, 0.15) is 43.5 Å². The number of benzene rings is 2. The lowest BCUT2D eigenvalue weighted by Crippen LogP contribution is -2.06. The molecule has 0 radical (unpaired) electrons. The van der Waals surface area contributed by atoms with Gasteiger partial charge in [0.25, 0.3) is 0 Å². The molecular formula is C20H23N. The van der Waals surface area contributed by atoms with Crippen molar-refractivity contribution >= 4 is 16.8 Å². The molecule has 0 bridgehead atoms. The Hall–Kier alpha value is -2.28. The van der Waals surface area contributed by atoms with Gasteiger partial charge in [-0.25, -0.2) is 0 Å². The summed E-state index contributed by atoms with van der Waals surface area (Å²) in [6, 6.07) is 17.2. The second kappa shape index (κ2) is 6.45. The van der Waals surface area contributed by atoms with Crippen molar-refractivity contribution in [3.8, 4) is 0 Å². The summed E-state index contributed by atoms with van der Waals surface area (Å²) >= 11 is 0. The van der Waals surface area contributed by atoms with Gasteiger partial charge in [0.05, 0.1) is 0 Å². The van der Waals surface area contributed by atoms with Crippen LogP contribution in [0.5, 0.6) is 0 Å². The van der Waals surface area contributed by atoms with E-state index in [1.54, 1.807) is 0 Å². The Morgan fingerprint density at radius 3 is 1.67 bits per heavy atom. The van der Waals surface area contributed by atoms with Crippen molar-refractivity contribution in [1.29, 1.82) is 0 Å². The zero-order valence-electron chi connectivity index (χ0n) is 13.1. The molecule has 0 aliphatic heterocycles. The van der Waals surface area contributed by atoms with Crippen LogP contribution in [-0.4, -0.2) is 0 Å². The van der Waals surface area contributed by atoms with E-state index < -0.39 is 0 Å². The van der Waals surface area contributed by atoms with Crippen LogP contribution in [0.4, 0.5) is 5.69 Å². The summed E-state index contributed by atoms with van der Waals surface area (Å²) in [6.45, 7) is 14.1. The molecule has 0 aromatic heterocycles. The predicted octanol–water partition coefficient (Wildman–Crippen LogP) is 5.93. The number of allylic oxidation sites excluding steroid dienone is 2. The molecule has 108 valence electrons. The van der Waals surface area contributed by atoms with Gasteiger partial charge in [-0.3, -0.25) is 0 Å². The predicted molar refractivity (Wildman–Crippen MR) is 94.3 cm³/mol. The molecule has 2 aromatic rings. The maximum Gasteiger partial charge on any atom is 0.0485 e. The highest BCUT2D eigenvalue weighted by Gasteiger charge is 2.05. The fraction of sp³-hybridized carbons (Fsp3) is 0.200. The molecule has 1 heteroatoms. The van der Waals surface area contributed by atoms with Crippen LogP contribution in [0, 0.1) is 0 Å². The summed E-state index contributed by atoms with van der Waals surface area (Å²) in [6.07, 6.45) is 0. The number of anilines is 1. The molecule has 0 amide bonds. The van der Waals surface area contributed by atoms with Crippen LogP contribution in [0.25, 0.3) is 11.1 Å². The topological polar surface area (TPSA) is 12.0 Å². The van der Waals surface area contributed by atoms with Crippen molar-refractivity contribution in [3.05, 3.63) is 78.4 Å². The van der Waals surface area contributed by atoms with Crippen LogP contribution in [0.3, 0.4) is 0 Å². The summed E-state index contributed by atoms with van der Waals surface area (Å²) in [5.41, 5.74) is 6.94. The van der Waals surface area contributed by atoms with Gasteiger partial charge in [-0.15, -0.1) is 0 Å². The minimum Gasteiger partial charge on any atom is -0.379 e. The molecule has 0 spiro atoms. The zero-order chi connectivity index (χ0) is 15.4. The average Bonchev–Trinajstić information content (AvgIpc) is 2.47. The van der Waals surface area contributed by atoms with E-state index in [0.29, 0.717) is 0 Å². The van der Waals surface area contributed by atoms with E-state index in [2.05, 4.69) is 73.9 Å². The lowest BCUT2D eigenvalue weighted by molar-refractivity contribution is 0.884. The molecule has 0 fully saturated rings. The number of nitrogens with one attached hydrogen (secondary N) is 1. The Morgan fingerprint density at radius 2 is 1.24 bits per heavy atom. The Labute approximate surface area is 128 Å². The quantitative estimate of drug-likeness (QED) is 0.714. The van der Waals surface area contributed by atoms with E-state index in [9.17, 15) is 0 Å². The first-order valence-corrected chi connectivity index (χ1v) is 7.25. The van der Waals surface area contributed by atoms with E-state index in [4.69, 9.17) is 0 Å². The average molecular weight is 277 g/mol. The molecule has 1 nitrogen and oxygen atoms in total. The van der Waals surface area contributed by atoms with Gasteiger partial charge in [0, 0.05) is 11.7 Å². The van der Waals surface area contributed by atoms with E-state index in [0.717, 1.165) is 16.8 Å². The lowest BCUT2D eigenvalue weighted by Gasteiger charge is -2.16. The van der Waals surface area contributed by atoms with Gasteiger partial charge in [0.1, 0.15) is 0 Å². The van der Waals surface area contributed by atoms with E-state index in [1.165, 1.54) is 16.7 Å². The van der Waals surface area contributed by atoms with Crippen LogP contribution < -0.4 is 5.32 Å². The first-order chi connectivity index (χ1) is 9.97. The number of rotatable bonds is 5. The molecule has 0 heterocycles. The van der Waals surface area contributed by atoms with E-state index in [-0.39, 0.29) is 6.04 Å². The normalized spacial score (nSPS) is 11.8. The highest BCUT2D eigenvalue weighted by atomic mass is 14.9. The van der Waals surface area contributed by atoms with Gasteiger partial charge in [-0.1, -0.05) is 60.7 Å². The third-order valence-electron chi connectivity index (χ3n) is 3.66. The second-order valence-electron chi connectivity index (χ2n) is 5.63. The summed E-state index contributed by atoms with van der Waals surface area (Å²) < 4.78 is 0. The molecule has 1 atom stereocenters. The fourth-order valence-corrected chi connectivity index (χ4v) is 2.24. The van der Waals surface area contributed by atoms with Crippen molar-refractivity contribution in [1.82, 2.24) is 0 Å². The minimum atomic E-state index is 0.264. The summed E-state index contributed by atoms with van der Waals surface area (Å²) in [5, 5.41) is 3.52. The Kier molecular flexibility index (Phi) is 4.64. The van der Waals surface area contributed by atoms with Crippen molar-refractivity contribution in [2.45, 2.75) is 26.8 Å². The van der Waals surface area contributed by atoms with Crippen LogP contribution >= 0.6 is 0 Å². The van der Waals surface area contributed by atoms with E-state index >= 15 is 0 Å². The van der Waals surface area contributed by atoms with Crippen molar-refractivity contribution in [3.63, 3.8) is 0 Å².